The summed E-state index contributed by atoms with van der Waals surface area (Å²) in [5, 5.41) is 0.683. The van der Waals surface area contributed by atoms with Crippen molar-refractivity contribution in [3.63, 3.8) is 0 Å². The first-order valence-electron chi connectivity index (χ1n) is 6.39. The first-order chi connectivity index (χ1) is 9.11. The molecule has 1 heterocycles. The van der Waals surface area contributed by atoms with Crippen molar-refractivity contribution >= 4 is 17.6 Å². The van der Waals surface area contributed by atoms with E-state index >= 15 is 0 Å². The third-order valence-corrected chi connectivity index (χ3v) is 3.52. The van der Waals surface area contributed by atoms with E-state index in [0.29, 0.717) is 30.9 Å². The lowest BCUT2D eigenvalue weighted by Gasteiger charge is -2.16. The number of esters is 1. The van der Waals surface area contributed by atoms with Crippen LogP contribution in [0.1, 0.15) is 36.4 Å². The van der Waals surface area contributed by atoms with E-state index in [1.807, 2.05) is 12.1 Å². The van der Waals surface area contributed by atoms with Crippen molar-refractivity contribution in [3.05, 3.63) is 28.3 Å². The number of hydrogen-bond donors (Lipinski definition) is 1. The molecule has 2 rings (SSSR count). The van der Waals surface area contributed by atoms with E-state index in [4.69, 9.17) is 22.1 Å². The monoisotopic (exact) mass is 283 g/mol. The van der Waals surface area contributed by atoms with Gasteiger partial charge in [0.15, 0.2) is 0 Å². The number of rotatable bonds is 5. The van der Waals surface area contributed by atoms with Crippen molar-refractivity contribution < 1.29 is 14.3 Å². The van der Waals surface area contributed by atoms with E-state index in [-0.39, 0.29) is 12.0 Å². The first kappa shape index (κ1) is 14.2. The quantitative estimate of drug-likeness (QED) is 0.844. The van der Waals surface area contributed by atoms with Gasteiger partial charge in [-0.2, -0.15) is 0 Å². The van der Waals surface area contributed by atoms with Gasteiger partial charge in [-0.15, -0.1) is 0 Å². The molecule has 0 aliphatic carbocycles. The summed E-state index contributed by atoms with van der Waals surface area (Å²) < 4.78 is 10.2. The molecule has 0 saturated heterocycles. The Morgan fingerprint density at radius 3 is 3.11 bits per heavy atom. The smallest absolute Gasteiger partial charge is 0.305 e. The molecule has 1 atom stereocenters. The molecule has 0 radical (unpaired) electrons. The summed E-state index contributed by atoms with van der Waals surface area (Å²) in [7, 11) is 1.39. The molecule has 2 N–H and O–H groups in total. The third kappa shape index (κ3) is 3.39. The second-order valence-electron chi connectivity index (χ2n) is 4.66. The van der Waals surface area contributed by atoms with Crippen molar-refractivity contribution in [2.45, 2.75) is 31.7 Å². The normalized spacial score (nSPS) is 14.7. The summed E-state index contributed by atoms with van der Waals surface area (Å²) in [5.74, 6) is 0.662. The number of carbonyl (C=O) groups excluding carboxylic acids is 1. The van der Waals surface area contributed by atoms with E-state index in [9.17, 15) is 4.79 Å². The molecule has 1 aromatic carbocycles. The van der Waals surface area contributed by atoms with Gasteiger partial charge in [-0.25, -0.2) is 0 Å². The Kier molecular flexibility index (Phi) is 4.66. The molecule has 4 nitrogen and oxygen atoms in total. The summed E-state index contributed by atoms with van der Waals surface area (Å²) in [6.45, 7) is 0.678. The Morgan fingerprint density at radius 1 is 1.58 bits per heavy atom. The first-order valence-corrected chi connectivity index (χ1v) is 6.77. The van der Waals surface area contributed by atoms with Crippen LogP contribution in [0, 0.1) is 0 Å². The second kappa shape index (κ2) is 6.26. The summed E-state index contributed by atoms with van der Waals surface area (Å²) in [4.78, 5) is 11.1. The fourth-order valence-corrected chi connectivity index (χ4v) is 2.55. The van der Waals surface area contributed by atoms with Crippen LogP contribution in [-0.4, -0.2) is 19.7 Å². The van der Waals surface area contributed by atoms with Crippen LogP contribution in [0.25, 0.3) is 0 Å². The molecule has 0 saturated carbocycles. The highest BCUT2D eigenvalue weighted by atomic mass is 35.5. The van der Waals surface area contributed by atoms with Crippen LogP contribution in [0.5, 0.6) is 5.75 Å². The van der Waals surface area contributed by atoms with E-state index in [2.05, 4.69) is 4.74 Å². The van der Waals surface area contributed by atoms with Crippen LogP contribution >= 0.6 is 11.6 Å². The molecule has 1 aromatic rings. The number of ether oxygens (including phenoxy) is 2. The van der Waals surface area contributed by atoms with Crippen molar-refractivity contribution in [1.29, 1.82) is 0 Å². The zero-order chi connectivity index (χ0) is 13.8. The van der Waals surface area contributed by atoms with Crippen molar-refractivity contribution in [3.8, 4) is 5.75 Å². The molecular weight excluding hydrogens is 266 g/mol. The number of hydrogen-bond acceptors (Lipinski definition) is 4. The van der Waals surface area contributed by atoms with Crippen LogP contribution in [0.4, 0.5) is 0 Å². The summed E-state index contributed by atoms with van der Waals surface area (Å²) in [5.41, 5.74) is 8.23. The number of fused-ring (bicyclic) bond motifs is 1. The molecule has 104 valence electrons. The van der Waals surface area contributed by atoms with E-state index in [1.165, 1.54) is 7.11 Å². The number of nitrogens with two attached hydrogens (primary N) is 1. The van der Waals surface area contributed by atoms with Gasteiger partial charge in [0.1, 0.15) is 5.75 Å². The van der Waals surface area contributed by atoms with Crippen LogP contribution in [0.2, 0.25) is 5.02 Å². The lowest BCUT2D eigenvalue weighted by Crippen LogP contribution is -2.12. The topological polar surface area (TPSA) is 61.5 Å². The Bertz CT molecular complexity index is 476. The van der Waals surface area contributed by atoms with Gasteiger partial charge in [-0.05, 0) is 30.5 Å². The van der Waals surface area contributed by atoms with Gasteiger partial charge >= 0.3 is 5.97 Å². The van der Waals surface area contributed by atoms with Crippen LogP contribution in [0.15, 0.2) is 12.1 Å². The van der Waals surface area contributed by atoms with Crippen LogP contribution in [-0.2, 0) is 16.0 Å². The molecule has 0 spiro atoms. The molecule has 0 aromatic heterocycles. The maximum absolute atomic E-state index is 11.1. The Hall–Kier alpha value is -1.26. The second-order valence-corrected chi connectivity index (χ2v) is 5.09. The number of carbonyl (C=O) groups is 1. The lowest BCUT2D eigenvalue weighted by molar-refractivity contribution is -0.140. The van der Waals surface area contributed by atoms with Crippen molar-refractivity contribution in [2.24, 2.45) is 5.73 Å². The Balaban J connectivity index is 2.03. The fourth-order valence-electron chi connectivity index (χ4n) is 2.30. The largest absolute Gasteiger partial charge is 0.493 e. The third-order valence-electron chi connectivity index (χ3n) is 3.30. The maximum Gasteiger partial charge on any atom is 0.305 e. The van der Waals surface area contributed by atoms with E-state index < -0.39 is 0 Å². The highest BCUT2D eigenvalue weighted by Crippen LogP contribution is 2.36. The van der Waals surface area contributed by atoms with Gasteiger partial charge in [-0.1, -0.05) is 11.6 Å². The van der Waals surface area contributed by atoms with Gasteiger partial charge in [0, 0.05) is 29.5 Å². The molecular formula is C14H18ClNO3. The maximum atomic E-state index is 11.1. The van der Waals surface area contributed by atoms with Crippen molar-refractivity contribution in [2.75, 3.05) is 13.7 Å². The molecule has 0 amide bonds. The summed E-state index contributed by atoms with van der Waals surface area (Å²) in [6.07, 6.45) is 2.64. The fraction of sp³-hybridized carbons (Fsp3) is 0.500. The highest BCUT2D eigenvalue weighted by Gasteiger charge is 2.21. The molecule has 19 heavy (non-hydrogen) atoms. The molecule has 1 aliphatic heterocycles. The van der Waals surface area contributed by atoms with Gasteiger partial charge in [-0.3, -0.25) is 4.79 Å². The van der Waals surface area contributed by atoms with Gasteiger partial charge in [0.05, 0.1) is 13.7 Å². The van der Waals surface area contributed by atoms with E-state index in [0.717, 1.165) is 23.3 Å². The number of methoxy groups -OCH3 is 1. The molecule has 1 aliphatic rings. The van der Waals surface area contributed by atoms with Gasteiger partial charge < -0.3 is 15.2 Å². The predicted octanol–water partition coefficient (Wildman–Crippen LogP) is 2.62. The minimum absolute atomic E-state index is 0.171. The standard InChI is InChI=1S/C14H18ClNO3/c1-18-13(17)4-2-3-12(16)11-8-10(15)7-9-5-6-19-14(9)11/h7-8,12H,2-6,16H2,1H3. The Labute approximate surface area is 117 Å². The zero-order valence-electron chi connectivity index (χ0n) is 10.9. The summed E-state index contributed by atoms with van der Waals surface area (Å²) >= 11 is 6.09. The SMILES string of the molecule is COC(=O)CCCC(N)c1cc(Cl)cc2c1OCC2. The van der Waals surface area contributed by atoms with Crippen LogP contribution < -0.4 is 10.5 Å². The number of halogens is 1. The summed E-state index contributed by atoms with van der Waals surface area (Å²) in [6, 6.07) is 3.61. The highest BCUT2D eigenvalue weighted by molar-refractivity contribution is 6.30. The minimum Gasteiger partial charge on any atom is -0.493 e. The average Bonchev–Trinajstić information content (AvgIpc) is 2.85. The predicted molar refractivity (Wildman–Crippen MR) is 73.4 cm³/mol. The number of benzene rings is 1. The molecule has 0 fully saturated rings. The van der Waals surface area contributed by atoms with Gasteiger partial charge in [0.2, 0.25) is 0 Å². The van der Waals surface area contributed by atoms with E-state index in [1.54, 1.807) is 0 Å². The van der Waals surface area contributed by atoms with Crippen molar-refractivity contribution in [1.82, 2.24) is 0 Å². The average molecular weight is 284 g/mol. The zero-order valence-corrected chi connectivity index (χ0v) is 11.7. The lowest BCUT2D eigenvalue weighted by atomic mass is 9.98. The molecule has 5 heteroatoms. The molecule has 0 bridgehead atoms. The van der Waals surface area contributed by atoms with Crippen LogP contribution in [0.3, 0.4) is 0 Å². The Morgan fingerprint density at radius 2 is 2.37 bits per heavy atom. The van der Waals surface area contributed by atoms with Gasteiger partial charge in [0.25, 0.3) is 0 Å². The molecule has 1 unspecified atom stereocenters. The minimum atomic E-state index is -0.209.